The van der Waals surface area contributed by atoms with Crippen LogP contribution in [-0.2, 0) is 0 Å². The zero-order valence-electron chi connectivity index (χ0n) is 20.5. The minimum absolute atomic E-state index is 0.102. The molecule has 0 radical (unpaired) electrons. The second kappa shape index (κ2) is 9.46. The van der Waals surface area contributed by atoms with Crippen molar-refractivity contribution in [2.24, 2.45) is 5.41 Å². The Hall–Kier alpha value is -3.19. The van der Waals surface area contributed by atoms with Crippen molar-refractivity contribution in [3.8, 4) is 17.0 Å². The number of imidazole rings is 1. The number of hydrogen-bond acceptors (Lipinski definition) is 4. The highest BCUT2D eigenvalue weighted by Crippen LogP contribution is 2.36. The SMILES string of the molecule is CC(C)(C)CC(C)(C)Nc1c(-c2ccc(OC(=O)c3ccccc3F)cc2)nc2ccc(Br)cn12. The topological polar surface area (TPSA) is 55.6 Å². The molecule has 7 heteroatoms. The summed E-state index contributed by atoms with van der Waals surface area (Å²) >= 11 is 3.57. The summed E-state index contributed by atoms with van der Waals surface area (Å²) in [5.41, 5.74) is 2.31. The van der Waals surface area contributed by atoms with Crippen molar-refractivity contribution in [2.45, 2.75) is 46.6 Å². The lowest BCUT2D eigenvalue weighted by molar-refractivity contribution is 0.0730. The molecule has 0 aliphatic carbocycles. The van der Waals surface area contributed by atoms with E-state index in [-0.39, 0.29) is 16.5 Å². The molecule has 2 aromatic heterocycles. The second-order valence-corrected chi connectivity index (χ2v) is 11.4. The molecule has 0 saturated heterocycles. The van der Waals surface area contributed by atoms with E-state index in [9.17, 15) is 9.18 Å². The Kier molecular flexibility index (Phi) is 6.73. The van der Waals surface area contributed by atoms with Gasteiger partial charge in [-0.15, -0.1) is 0 Å². The van der Waals surface area contributed by atoms with E-state index in [1.165, 1.54) is 18.2 Å². The van der Waals surface area contributed by atoms with Crippen LogP contribution in [0.5, 0.6) is 5.75 Å². The van der Waals surface area contributed by atoms with Crippen LogP contribution in [0.3, 0.4) is 0 Å². The van der Waals surface area contributed by atoms with Gasteiger partial charge >= 0.3 is 5.97 Å². The van der Waals surface area contributed by atoms with Crippen LogP contribution in [0.4, 0.5) is 10.2 Å². The van der Waals surface area contributed by atoms with Gasteiger partial charge in [0, 0.05) is 21.8 Å². The Morgan fingerprint density at radius 1 is 1.03 bits per heavy atom. The molecule has 1 N–H and O–H groups in total. The Labute approximate surface area is 213 Å². The lowest BCUT2D eigenvalue weighted by atomic mass is 9.82. The number of carbonyl (C=O) groups excluding carboxylic acids is 1. The third kappa shape index (κ3) is 5.90. The van der Waals surface area contributed by atoms with E-state index in [4.69, 9.17) is 9.72 Å². The van der Waals surface area contributed by atoms with Crippen molar-refractivity contribution >= 4 is 33.4 Å². The molecule has 0 spiro atoms. The lowest BCUT2D eigenvalue weighted by Gasteiger charge is -2.34. The summed E-state index contributed by atoms with van der Waals surface area (Å²) in [6.45, 7) is 11.0. The molecular formula is C28H29BrFN3O2. The molecule has 0 bridgehead atoms. The molecule has 0 aliphatic heterocycles. The monoisotopic (exact) mass is 537 g/mol. The van der Waals surface area contributed by atoms with E-state index in [1.54, 1.807) is 18.2 Å². The predicted octanol–water partition coefficient (Wildman–Crippen LogP) is 7.75. The number of hydrogen-bond donors (Lipinski definition) is 1. The molecule has 4 rings (SSSR count). The van der Waals surface area contributed by atoms with Crippen LogP contribution in [0.1, 0.15) is 51.4 Å². The van der Waals surface area contributed by atoms with Crippen LogP contribution >= 0.6 is 15.9 Å². The molecule has 5 nitrogen and oxygen atoms in total. The van der Waals surface area contributed by atoms with E-state index in [0.717, 1.165) is 33.6 Å². The minimum Gasteiger partial charge on any atom is -0.423 e. The molecule has 0 unspecified atom stereocenters. The van der Waals surface area contributed by atoms with Gasteiger partial charge < -0.3 is 10.1 Å². The zero-order chi connectivity index (χ0) is 25.4. The average Bonchev–Trinajstić information content (AvgIpc) is 3.09. The van der Waals surface area contributed by atoms with Gasteiger partial charge in [0.1, 0.15) is 28.7 Å². The molecule has 2 aromatic carbocycles. The highest BCUT2D eigenvalue weighted by Gasteiger charge is 2.28. The van der Waals surface area contributed by atoms with E-state index in [2.05, 4.69) is 55.9 Å². The van der Waals surface area contributed by atoms with E-state index in [1.807, 2.05) is 34.9 Å². The Morgan fingerprint density at radius 3 is 2.37 bits per heavy atom. The number of anilines is 1. The first-order valence-corrected chi connectivity index (χ1v) is 12.2. The number of nitrogens with zero attached hydrogens (tertiary/aromatic N) is 2. The van der Waals surface area contributed by atoms with Gasteiger partial charge in [0.25, 0.3) is 0 Å². The summed E-state index contributed by atoms with van der Waals surface area (Å²) in [4.78, 5) is 17.2. The number of carbonyl (C=O) groups is 1. The van der Waals surface area contributed by atoms with Gasteiger partial charge in [-0.05, 0) is 90.1 Å². The number of nitrogens with one attached hydrogen (secondary N) is 1. The molecule has 0 saturated carbocycles. The van der Waals surface area contributed by atoms with Gasteiger partial charge in [0.05, 0.1) is 5.56 Å². The largest absolute Gasteiger partial charge is 0.423 e. The number of halogens is 2. The number of esters is 1. The van der Waals surface area contributed by atoms with Gasteiger partial charge in [-0.3, -0.25) is 4.40 Å². The van der Waals surface area contributed by atoms with Gasteiger partial charge in [0.15, 0.2) is 0 Å². The van der Waals surface area contributed by atoms with Gasteiger partial charge in [-0.25, -0.2) is 14.2 Å². The van der Waals surface area contributed by atoms with Crippen LogP contribution in [-0.4, -0.2) is 20.9 Å². The fraction of sp³-hybridized carbons (Fsp3) is 0.286. The Morgan fingerprint density at radius 2 is 1.71 bits per heavy atom. The summed E-state index contributed by atoms with van der Waals surface area (Å²) in [6, 6.07) is 16.8. The maximum atomic E-state index is 13.9. The van der Waals surface area contributed by atoms with E-state index >= 15 is 0 Å². The highest BCUT2D eigenvalue weighted by molar-refractivity contribution is 9.10. The molecule has 0 atom stereocenters. The smallest absolute Gasteiger partial charge is 0.346 e. The molecule has 4 aromatic rings. The number of benzene rings is 2. The maximum Gasteiger partial charge on any atom is 0.346 e. The third-order valence-corrected chi connectivity index (χ3v) is 5.91. The number of pyridine rings is 1. The number of aromatic nitrogens is 2. The van der Waals surface area contributed by atoms with Crippen LogP contribution in [0.2, 0.25) is 0 Å². The van der Waals surface area contributed by atoms with Crippen molar-refractivity contribution in [3.05, 3.63) is 82.7 Å². The number of fused-ring (bicyclic) bond motifs is 1. The quantitative estimate of drug-likeness (QED) is 0.202. The summed E-state index contributed by atoms with van der Waals surface area (Å²) < 4.78 is 22.3. The van der Waals surface area contributed by atoms with Crippen molar-refractivity contribution in [1.29, 1.82) is 0 Å². The van der Waals surface area contributed by atoms with Gasteiger partial charge in [0.2, 0.25) is 0 Å². The summed E-state index contributed by atoms with van der Waals surface area (Å²) in [6.07, 6.45) is 2.94. The predicted molar refractivity (Wildman–Crippen MR) is 141 cm³/mol. The van der Waals surface area contributed by atoms with Crippen LogP contribution < -0.4 is 10.1 Å². The van der Waals surface area contributed by atoms with Crippen molar-refractivity contribution in [1.82, 2.24) is 9.38 Å². The fourth-order valence-electron chi connectivity index (χ4n) is 4.50. The van der Waals surface area contributed by atoms with Crippen LogP contribution in [0, 0.1) is 11.2 Å². The van der Waals surface area contributed by atoms with Gasteiger partial charge in [-0.2, -0.15) is 0 Å². The first-order chi connectivity index (χ1) is 16.4. The summed E-state index contributed by atoms with van der Waals surface area (Å²) in [5, 5.41) is 3.72. The zero-order valence-corrected chi connectivity index (χ0v) is 22.1. The molecule has 182 valence electrons. The van der Waals surface area contributed by atoms with Crippen LogP contribution in [0.15, 0.2) is 71.3 Å². The summed E-state index contributed by atoms with van der Waals surface area (Å²) in [5.74, 6) is -0.138. The highest BCUT2D eigenvalue weighted by atomic mass is 79.9. The summed E-state index contributed by atoms with van der Waals surface area (Å²) in [7, 11) is 0. The normalized spacial score (nSPS) is 12.1. The number of rotatable bonds is 6. The lowest BCUT2D eigenvalue weighted by Crippen LogP contribution is -2.36. The first kappa shape index (κ1) is 24.9. The first-order valence-electron chi connectivity index (χ1n) is 11.4. The fourth-order valence-corrected chi connectivity index (χ4v) is 4.84. The maximum absolute atomic E-state index is 13.9. The minimum atomic E-state index is -0.736. The Bertz CT molecular complexity index is 1370. The molecule has 0 fully saturated rings. The molecule has 2 heterocycles. The molecule has 35 heavy (non-hydrogen) atoms. The number of ether oxygens (including phenoxy) is 1. The van der Waals surface area contributed by atoms with E-state index in [0.29, 0.717) is 5.75 Å². The van der Waals surface area contributed by atoms with Crippen molar-refractivity contribution in [3.63, 3.8) is 0 Å². The van der Waals surface area contributed by atoms with Crippen LogP contribution in [0.25, 0.3) is 16.9 Å². The average molecular weight is 538 g/mol. The second-order valence-electron chi connectivity index (χ2n) is 10.5. The molecule has 0 amide bonds. The van der Waals surface area contributed by atoms with E-state index < -0.39 is 11.8 Å². The Balaban J connectivity index is 1.67. The molecular weight excluding hydrogens is 509 g/mol. The van der Waals surface area contributed by atoms with Crippen molar-refractivity contribution in [2.75, 3.05) is 5.32 Å². The standard InChI is InChI=1S/C28H29BrFN3O2/c1-27(2,3)17-28(4,5)32-25-24(31-23-15-12-19(29)16-33(23)25)18-10-13-20(14-11-18)35-26(34)21-8-6-7-9-22(21)30/h6-16,32H,17H2,1-5H3. The third-order valence-electron chi connectivity index (χ3n) is 5.44. The van der Waals surface area contributed by atoms with Gasteiger partial charge in [-0.1, -0.05) is 32.9 Å². The van der Waals surface area contributed by atoms with Crippen molar-refractivity contribution < 1.29 is 13.9 Å². The molecule has 0 aliphatic rings.